The highest BCUT2D eigenvalue weighted by molar-refractivity contribution is 9.10. The molecule has 0 bridgehead atoms. The molecule has 0 radical (unpaired) electrons. The van der Waals surface area contributed by atoms with E-state index < -0.39 is 11.8 Å². The van der Waals surface area contributed by atoms with Crippen molar-refractivity contribution in [2.75, 3.05) is 7.11 Å². The summed E-state index contributed by atoms with van der Waals surface area (Å²) in [7, 11) is 1.54. The Morgan fingerprint density at radius 2 is 1.92 bits per heavy atom. The van der Waals surface area contributed by atoms with Gasteiger partial charge in [-0.05, 0) is 93.9 Å². The molecule has 3 aromatic rings. The fourth-order valence-electron chi connectivity index (χ4n) is 3.23. The Balaban J connectivity index is 1.51. The number of halogens is 3. The van der Waals surface area contributed by atoms with Gasteiger partial charge >= 0.3 is 0 Å². The number of benzene rings is 3. The highest BCUT2D eigenvalue weighted by Crippen LogP contribution is 2.39. The van der Waals surface area contributed by atoms with Crippen LogP contribution in [0.5, 0.6) is 11.5 Å². The van der Waals surface area contributed by atoms with Crippen LogP contribution >= 0.6 is 67.4 Å². The summed E-state index contributed by atoms with van der Waals surface area (Å²) in [5.41, 5.74) is 4.59. The number of nitrogens with zero attached hydrogens (tertiary/aromatic N) is 1. The van der Waals surface area contributed by atoms with E-state index in [1.165, 1.54) is 0 Å². The highest BCUT2D eigenvalue weighted by Gasteiger charge is 2.34. The number of thiocarbonyl (C=S) groups is 1. The predicted octanol–water partition coefficient (Wildman–Crippen LogP) is 7.00. The zero-order valence-corrected chi connectivity index (χ0v) is 24.1. The number of hydrogen-bond acceptors (Lipinski definition) is 6. The molecule has 1 N–H and O–H groups in total. The zero-order valence-electron chi connectivity index (χ0n) is 18.6. The van der Waals surface area contributed by atoms with Gasteiger partial charge in [0.2, 0.25) is 0 Å². The van der Waals surface area contributed by atoms with Crippen LogP contribution < -0.4 is 14.9 Å². The lowest BCUT2D eigenvalue weighted by Gasteiger charge is -2.15. The summed E-state index contributed by atoms with van der Waals surface area (Å²) in [4.78, 5) is 25.9. The number of amides is 2. The molecule has 0 unspecified atom stereocenters. The molecular formula is C25H17Br2ClN2O4S2. The van der Waals surface area contributed by atoms with Crippen LogP contribution in [0.15, 0.2) is 74.5 Å². The van der Waals surface area contributed by atoms with Crippen molar-refractivity contribution < 1.29 is 19.1 Å². The molecule has 1 heterocycles. The van der Waals surface area contributed by atoms with Crippen LogP contribution in [-0.4, -0.2) is 28.3 Å². The second kappa shape index (κ2) is 11.8. The Morgan fingerprint density at radius 3 is 2.61 bits per heavy atom. The Morgan fingerprint density at radius 1 is 1.17 bits per heavy atom. The number of hydrazine groups is 1. The summed E-state index contributed by atoms with van der Waals surface area (Å²) in [5.74, 6) is 0.132. The molecule has 3 aromatic carbocycles. The van der Waals surface area contributed by atoms with Crippen LogP contribution in [0.2, 0.25) is 5.02 Å². The van der Waals surface area contributed by atoms with Crippen LogP contribution in [0.1, 0.15) is 21.5 Å². The lowest BCUT2D eigenvalue weighted by atomic mass is 10.1. The third-order valence-electron chi connectivity index (χ3n) is 4.94. The molecule has 2 amide bonds. The lowest BCUT2D eigenvalue weighted by molar-refractivity contribution is -0.123. The second-order valence-corrected chi connectivity index (χ2v) is 11.3. The molecular weight excluding hydrogens is 652 g/mol. The van der Waals surface area contributed by atoms with Gasteiger partial charge in [-0.25, -0.2) is 0 Å². The van der Waals surface area contributed by atoms with Gasteiger partial charge in [-0.1, -0.05) is 51.4 Å². The van der Waals surface area contributed by atoms with Gasteiger partial charge in [-0.3, -0.25) is 15.0 Å². The molecule has 1 aliphatic rings. The molecule has 4 rings (SSSR count). The third kappa shape index (κ3) is 6.30. The molecule has 1 saturated heterocycles. The average Bonchev–Trinajstić information content (AvgIpc) is 3.10. The van der Waals surface area contributed by atoms with E-state index in [0.717, 1.165) is 26.8 Å². The van der Waals surface area contributed by atoms with Crippen molar-refractivity contribution in [3.8, 4) is 11.5 Å². The number of carbonyl (C=O) groups excluding carboxylic acids is 2. The summed E-state index contributed by atoms with van der Waals surface area (Å²) in [5, 5.41) is 1.57. The van der Waals surface area contributed by atoms with E-state index in [4.69, 9.17) is 33.3 Å². The quantitative estimate of drug-likeness (QED) is 0.216. The van der Waals surface area contributed by atoms with Crippen molar-refractivity contribution in [3.63, 3.8) is 0 Å². The van der Waals surface area contributed by atoms with Crippen LogP contribution in [0.4, 0.5) is 0 Å². The average molecular weight is 669 g/mol. The minimum Gasteiger partial charge on any atom is -0.493 e. The van der Waals surface area contributed by atoms with Crippen molar-refractivity contribution >= 4 is 89.7 Å². The molecule has 0 spiro atoms. The number of ether oxygens (including phenoxy) is 2. The van der Waals surface area contributed by atoms with Gasteiger partial charge < -0.3 is 9.47 Å². The Bertz CT molecular complexity index is 1380. The summed E-state index contributed by atoms with van der Waals surface area (Å²) >= 11 is 19.3. The molecule has 6 nitrogen and oxygen atoms in total. The summed E-state index contributed by atoms with van der Waals surface area (Å²) in [6, 6.07) is 17.7. The molecule has 0 aliphatic carbocycles. The van der Waals surface area contributed by atoms with E-state index in [1.54, 1.807) is 43.5 Å². The van der Waals surface area contributed by atoms with E-state index in [0.29, 0.717) is 43.6 Å². The van der Waals surface area contributed by atoms with Gasteiger partial charge in [0.1, 0.15) is 6.61 Å². The standard InChI is InChI=1S/C25H17Br2ClN2O4S2/c1-33-20-11-15(10-19(27)22(20)34-13-14-3-2-4-17(26)9-14)12-21-24(32)30(25(35)36-21)29-23(31)16-5-7-18(28)8-6-16/h2-12H,13H2,1H3,(H,29,31)/b21-12+. The number of nitrogens with one attached hydrogen (secondary N) is 1. The minimum absolute atomic E-state index is 0.216. The Labute approximate surface area is 239 Å². The van der Waals surface area contributed by atoms with Crippen LogP contribution in [0, 0.1) is 0 Å². The SMILES string of the molecule is COc1cc(/C=C2/SC(=S)N(NC(=O)c3ccc(Cl)cc3)C2=O)cc(Br)c1OCc1cccc(Br)c1. The lowest BCUT2D eigenvalue weighted by Crippen LogP contribution is -2.44. The Hall–Kier alpha value is -2.37. The molecule has 11 heteroatoms. The first-order valence-corrected chi connectivity index (χ1v) is 13.5. The first kappa shape index (κ1) is 26.7. The normalized spacial score (nSPS) is 14.3. The van der Waals surface area contributed by atoms with E-state index in [9.17, 15) is 9.59 Å². The fraction of sp³-hybridized carbons (Fsp3) is 0.0800. The van der Waals surface area contributed by atoms with E-state index >= 15 is 0 Å². The van der Waals surface area contributed by atoms with Gasteiger partial charge in [0.15, 0.2) is 15.8 Å². The number of carbonyl (C=O) groups is 2. The highest BCUT2D eigenvalue weighted by atomic mass is 79.9. The molecule has 1 aliphatic heterocycles. The smallest absolute Gasteiger partial charge is 0.285 e. The first-order valence-electron chi connectivity index (χ1n) is 10.3. The van der Waals surface area contributed by atoms with Crippen molar-refractivity contribution in [1.29, 1.82) is 0 Å². The van der Waals surface area contributed by atoms with E-state index in [-0.39, 0.29) is 4.32 Å². The maximum absolute atomic E-state index is 13.0. The largest absolute Gasteiger partial charge is 0.493 e. The maximum atomic E-state index is 13.0. The van der Waals surface area contributed by atoms with Crippen LogP contribution in [-0.2, 0) is 11.4 Å². The van der Waals surface area contributed by atoms with E-state index in [1.807, 2.05) is 30.3 Å². The van der Waals surface area contributed by atoms with Crippen molar-refractivity contribution in [3.05, 3.63) is 96.2 Å². The van der Waals surface area contributed by atoms with Crippen LogP contribution in [0.25, 0.3) is 6.08 Å². The summed E-state index contributed by atoms with van der Waals surface area (Å²) < 4.78 is 13.4. The van der Waals surface area contributed by atoms with Crippen LogP contribution in [0.3, 0.4) is 0 Å². The Kier molecular flexibility index (Phi) is 8.74. The fourth-order valence-corrected chi connectivity index (χ4v) is 5.55. The van der Waals surface area contributed by atoms with Gasteiger partial charge in [0.25, 0.3) is 11.8 Å². The molecule has 1 fully saturated rings. The molecule has 184 valence electrons. The first-order chi connectivity index (χ1) is 17.2. The minimum atomic E-state index is -0.472. The van der Waals surface area contributed by atoms with Crippen molar-refractivity contribution in [2.45, 2.75) is 6.61 Å². The van der Waals surface area contributed by atoms with Crippen molar-refractivity contribution in [2.24, 2.45) is 0 Å². The third-order valence-corrected chi connectivity index (χ3v) is 7.57. The van der Waals surface area contributed by atoms with Gasteiger partial charge in [0, 0.05) is 15.1 Å². The topological polar surface area (TPSA) is 67.9 Å². The van der Waals surface area contributed by atoms with Gasteiger partial charge in [-0.15, -0.1) is 0 Å². The number of hydrogen-bond donors (Lipinski definition) is 1. The molecule has 0 saturated carbocycles. The summed E-state index contributed by atoms with van der Waals surface area (Å²) in [6.07, 6.45) is 1.68. The second-order valence-electron chi connectivity index (χ2n) is 7.42. The monoisotopic (exact) mass is 666 g/mol. The van der Waals surface area contributed by atoms with Crippen molar-refractivity contribution in [1.82, 2.24) is 10.4 Å². The molecule has 0 atom stereocenters. The molecule has 0 aromatic heterocycles. The summed E-state index contributed by atoms with van der Waals surface area (Å²) in [6.45, 7) is 0.347. The zero-order chi connectivity index (χ0) is 25.8. The van der Waals surface area contributed by atoms with Gasteiger partial charge in [-0.2, -0.15) is 5.01 Å². The van der Waals surface area contributed by atoms with Gasteiger partial charge in [0.05, 0.1) is 16.5 Å². The van der Waals surface area contributed by atoms with E-state index in [2.05, 4.69) is 37.3 Å². The maximum Gasteiger partial charge on any atom is 0.285 e. The number of rotatable bonds is 7. The number of methoxy groups -OCH3 is 1. The number of thioether (sulfide) groups is 1. The molecule has 36 heavy (non-hydrogen) atoms. The predicted molar refractivity (Wildman–Crippen MR) is 153 cm³/mol.